The molecule has 1 aliphatic rings. The number of aliphatic carboxylic acids is 1. The molecule has 0 aromatic heterocycles. The topological polar surface area (TPSA) is 95.9 Å². The van der Waals surface area contributed by atoms with E-state index in [0.29, 0.717) is 29.9 Å². The van der Waals surface area contributed by atoms with Crippen LogP contribution >= 0.6 is 0 Å². The minimum absolute atomic E-state index is 0.185. The predicted octanol–water partition coefficient (Wildman–Crippen LogP) is 0.625. The molecule has 7 nitrogen and oxygen atoms in total. The summed E-state index contributed by atoms with van der Waals surface area (Å²) < 4.78 is 38.7. The van der Waals surface area contributed by atoms with Crippen LogP contribution in [0.25, 0.3) is 0 Å². The van der Waals surface area contributed by atoms with Crippen molar-refractivity contribution in [2.75, 3.05) is 31.1 Å². The van der Waals surface area contributed by atoms with Crippen molar-refractivity contribution in [3.8, 4) is 5.75 Å². The van der Waals surface area contributed by atoms with Crippen LogP contribution in [0.15, 0.2) is 12.1 Å². The van der Waals surface area contributed by atoms with Crippen LogP contribution in [-0.2, 0) is 21.7 Å². The lowest BCUT2D eigenvalue weighted by Crippen LogP contribution is -2.43. The normalized spacial score (nSPS) is 15.6. The van der Waals surface area contributed by atoms with Crippen LogP contribution in [0.1, 0.15) is 11.1 Å². The molecule has 122 valence electrons. The molecule has 1 aromatic carbocycles. The molecule has 9 heteroatoms. The number of carboxylic acids is 1. The van der Waals surface area contributed by atoms with Crippen molar-refractivity contribution in [1.82, 2.24) is 5.32 Å². The van der Waals surface area contributed by atoms with Crippen molar-refractivity contribution in [2.45, 2.75) is 13.3 Å². The van der Waals surface area contributed by atoms with Crippen molar-refractivity contribution in [3.05, 3.63) is 23.3 Å². The third kappa shape index (κ3) is 4.31. The summed E-state index contributed by atoms with van der Waals surface area (Å²) >= 11 is 0. The molecule has 1 heterocycles. The summed E-state index contributed by atoms with van der Waals surface area (Å²) in [5.41, 5.74) is 1.46. The molecule has 0 amide bonds. The molecule has 22 heavy (non-hydrogen) atoms. The maximum Gasteiger partial charge on any atom is 0.488 e. The Labute approximate surface area is 128 Å². The van der Waals surface area contributed by atoms with Gasteiger partial charge in [0.15, 0.2) is 5.75 Å². The Morgan fingerprint density at radius 2 is 2.05 bits per heavy atom. The highest BCUT2D eigenvalue weighted by molar-refractivity contribution is 7.81. The fourth-order valence-corrected chi connectivity index (χ4v) is 2.82. The van der Waals surface area contributed by atoms with Crippen LogP contribution in [0, 0.1) is 6.92 Å². The molecule has 0 radical (unpaired) electrons. The second-order valence-corrected chi connectivity index (χ2v) is 5.97. The first kappa shape index (κ1) is 16.5. The molecule has 1 aromatic rings. The monoisotopic (exact) mass is 332 g/mol. The van der Waals surface area contributed by atoms with E-state index in [1.807, 2.05) is 4.90 Å². The molecule has 0 saturated carbocycles. The highest BCUT2D eigenvalue weighted by Gasteiger charge is 2.20. The molecule has 0 bridgehead atoms. The Bertz CT molecular complexity index is 671. The molecule has 0 unspecified atom stereocenters. The second-order valence-electron chi connectivity index (χ2n) is 5.02. The van der Waals surface area contributed by atoms with Gasteiger partial charge in [0.25, 0.3) is 0 Å². The van der Waals surface area contributed by atoms with E-state index in [1.54, 1.807) is 13.0 Å². The Morgan fingerprint density at radius 3 is 2.59 bits per heavy atom. The fraction of sp³-hybridized carbons (Fsp3) is 0.462. The molecule has 2 rings (SSSR count). The Morgan fingerprint density at radius 1 is 1.41 bits per heavy atom. The van der Waals surface area contributed by atoms with Gasteiger partial charge in [0, 0.05) is 37.4 Å². The lowest BCUT2D eigenvalue weighted by atomic mass is 10.0. The lowest BCUT2D eigenvalue weighted by molar-refractivity contribution is -0.136. The third-order valence-electron chi connectivity index (χ3n) is 3.39. The van der Waals surface area contributed by atoms with Crippen LogP contribution in [0.4, 0.5) is 9.57 Å². The van der Waals surface area contributed by atoms with Gasteiger partial charge in [0.1, 0.15) is 0 Å². The van der Waals surface area contributed by atoms with Crippen molar-refractivity contribution >= 4 is 22.2 Å². The van der Waals surface area contributed by atoms with Gasteiger partial charge >= 0.3 is 16.5 Å². The average Bonchev–Trinajstić information content (AvgIpc) is 2.41. The number of hydrogen-bond acceptors (Lipinski definition) is 6. The van der Waals surface area contributed by atoms with Crippen LogP contribution in [0.2, 0.25) is 0 Å². The molecule has 1 aliphatic heterocycles. The summed E-state index contributed by atoms with van der Waals surface area (Å²) in [4.78, 5) is 12.9. The largest absolute Gasteiger partial charge is 0.488 e. The van der Waals surface area contributed by atoms with E-state index in [1.165, 1.54) is 6.07 Å². The first-order chi connectivity index (χ1) is 10.3. The van der Waals surface area contributed by atoms with E-state index < -0.39 is 16.5 Å². The Balaban J connectivity index is 2.45. The first-order valence-electron chi connectivity index (χ1n) is 6.71. The molecular formula is C13H17FN2O5S. The number of piperazine rings is 1. The molecule has 1 saturated heterocycles. The number of halogens is 1. The number of carbonyl (C=O) groups is 1. The number of hydrogen-bond donors (Lipinski definition) is 2. The van der Waals surface area contributed by atoms with E-state index in [0.717, 1.165) is 13.1 Å². The van der Waals surface area contributed by atoms with Crippen LogP contribution in [-0.4, -0.2) is 45.7 Å². The Hall–Kier alpha value is -1.87. The minimum atomic E-state index is -5.17. The smallest absolute Gasteiger partial charge is 0.481 e. The van der Waals surface area contributed by atoms with Crippen LogP contribution in [0.5, 0.6) is 5.75 Å². The maximum absolute atomic E-state index is 12.8. The van der Waals surface area contributed by atoms with E-state index in [4.69, 9.17) is 5.11 Å². The third-order valence-corrected chi connectivity index (χ3v) is 3.77. The zero-order valence-corrected chi connectivity index (χ0v) is 12.8. The van der Waals surface area contributed by atoms with Gasteiger partial charge < -0.3 is 19.5 Å². The van der Waals surface area contributed by atoms with Gasteiger partial charge in [-0.3, -0.25) is 4.79 Å². The van der Waals surface area contributed by atoms with Gasteiger partial charge in [-0.25, -0.2) is 0 Å². The summed E-state index contributed by atoms with van der Waals surface area (Å²) in [5, 5.41) is 12.1. The summed E-state index contributed by atoms with van der Waals surface area (Å²) in [6, 6.07) is 2.92. The molecule has 0 aliphatic carbocycles. The number of anilines is 1. The zero-order valence-electron chi connectivity index (χ0n) is 12.0. The number of carboxylic acid groups (broad SMARTS) is 1. The summed E-state index contributed by atoms with van der Waals surface area (Å²) in [6.45, 7) is 4.47. The molecule has 0 spiro atoms. The van der Waals surface area contributed by atoms with Gasteiger partial charge in [-0.05, 0) is 24.6 Å². The zero-order chi connectivity index (χ0) is 16.3. The predicted molar refractivity (Wildman–Crippen MR) is 78.3 cm³/mol. The van der Waals surface area contributed by atoms with Gasteiger partial charge in [0.05, 0.1) is 6.42 Å². The van der Waals surface area contributed by atoms with E-state index in [2.05, 4.69) is 9.50 Å². The summed E-state index contributed by atoms with van der Waals surface area (Å²) in [5.74, 6) is -1.25. The van der Waals surface area contributed by atoms with Gasteiger partial charge in [-0.1, -0.05) is 3.89 Å². The quantitative estimate of drug-likeness (QED) is 0.763. The summed E-state index contributed by atoms with van der Waals surface area (Å²) in [7, 11) is -5.17. The van der Waals surface area contributed by atoms with Crippen molar-refractivity contribution in [1.29, 1.82) is 0 Å². The maximum atomic E-state index is 12.8. The SMILES string of the molecule is Cc1c(OS(=O)(=O)F)cc(CC(=O)O)cc1N1CCNCC1. The Kier molecular flexibility index (Phi) is 4.87. The highest BCUT2D eigenvalue weighted by Crippen LogP contribution is 2.32. The lowest BCUT2D eigenvalue weighted by Gasteiger charge is -2.31. The standard InChI is InChI=1S/C13H17FN2O5S/c1-9-11(16-4-2-15-3-5-16)6-10(8-13(17)18)7-12(9)21-22(14,19)20/h6-7,15H,2-5,8H2,1H3,(H,17,18). The number of nitrogens with one attached hydrogen (secondary N) is 1. The summed E-state index contributed by atoms with van der Waals surface area (Å²) in [6.07, 6.45) is -0.304. The van der Waals surface area contributed by atoms with Gasteiger partial charge in [-0.15, -0.1) is 0 Å². The van der Waals surface area contributed by atoms with Crippen molar-refractivity contribution in [2.24, 2.45) is 0 Å². The molecule has 0 atom stereocenters. The van der Waals surface area contributed by atoms with Gasteiger partial charge in [0.2, 0.25) is 0 Å². The van der Waals surface area contributed by atoms with Crippen LogP contribution < -0.4 is 14.4 Å². The number of rotatable bonds is 5. The molecular weight excluding hydrogens is 315 g/mol. The highest BCUT2D eigenvalue weighted by atomic mass is 32.3. The second kappa shape index (κ2) is 6.49. The van der Waals surface area contributed by atoms with Gasteiger partial charge in [-0.2, -0.15) is 8.42 Å². The van der Waals surface area contributed by atoms with Crippen molar-refractivity contribution in [3.63, 3.8) is 0 Å². The number of benzene rings is 1. The fourth-order valence-electron chi connectivity index (χ4n) is 2.43. The number of nitrogens with zero attached hydrogens (tertiary/aromatic N) is 1. The van der Waals surface area contributed by atoms with E-state index in [-0.39, 0.29) is 12.2 Å². The van der Waals surface area contributed by atoms with Crippen molar-refractivity contribution < 1.29 is 26.4 Å². The van der Waals surface area contributed by atoms with Crippen LogP contribution in [0.3, 0.4) is 0 Å². The molecule has 1 fully saturated rings. The van der Waals surface area contributed by atoms with E-state index in [9.17, 15) is 17.1 Å². The minimum Gasteiger partial charge on any atom is -0.481 e. The van der Waals surface area contributed by atoms with E-state index >= 15 is 0 Å². The molecule has 2 N–H and O–H groups in total. The first-order valence-corrected chi connectivity index (χ1v) is 8.02. The average molecular weight is 332 g/mol.